The fourth-order valence-corrected chi connectivity index (χ4v) is 5.07. The molecule has 1 aromatic carbocycles. The monoisotopic (exact) mass is 391 g/mol. The van der Waals surface area contributed by atoms with E-state index in [0.717, 1.165) is 48.9 Å². The molecule has 2 aromatic rings. The van der Waals surface area contributed by atoms with Gasteiger partial charge in [-0.3, -0.25) is 9.59 Å². The highest BCUT2D eigenvalue weighted by atomic mass is 32.2. The quantitative estimate of drug-likeness (QED) is 0.860. The van der Waals surface area contributed by atoms with Crippen LogP contribution in [0.5, 0.6) is 0 Å². The van der Waals surface area contributed by atoms with E-state index in [1.165, 1.54) is 6.07 Å². The number of anilines is 1. The lowest BCUT2D eigenvalue weighted by atomic mass is 10.1. The highest BCUT2D eigenvalue weighted by molar-refractivity contribution is 7.99. The Hall–Kier alpha value is -2.06. The Balaban J connectivity index is 1.86. The minimum absolute atomic E-state index is 0.107. The van der Waals surface area contributed by atoms with E-state index in [1.807, 2.05) is 4.57 Å². The summed E-state index contributed by atoms with van der Waals surface area (Å²) < 4.78 is 17.1. The molecule has 27 heavy (non-hydrogen) atoms. The topological polar surface area (TPSA) is 65.8 Å². The molecule has 1 saturated heterocycles. The summed E-state index contributed by atoms with van der Waals surface area (Å²) in [5, 5.41) is 9.28. The Bertz CT molecular complexity index is 967. The fourth-order valence-electron chi connectivity index (χ4n) is 3.85. The average molecular weight is 391 g/mol. The predicted octanol–water partition coefficient (Wildman–Crippen LogP) is 2.02. The number of benzene rings is 1. The van der Waals surface area contributed by atoms with Gasteiger partial charge >= 0.3 is 5.97 Å². The Morgan fingerprint density at radius 2 is 2.00 bits per heavy atom. The van der Waals surface area contributed by atoms with E-state index in [1.54, 1.807) is 18.0 Å². The summed E-state index contributed by atoms with van der Waals surface area (Å²) in [6, 6.07) is 1.35. The summed E-state index contributed by atoms with van der Waals surface area (Å²) in [6.07, 6.45) is 1.82. The lowest BCUT2D eigenvalue weighted by Crippen LogP contribution is -2.45. The molecule has 1 N–H and O–H groups in total. The third-order valence-electron chi connectivity index (χ3n) is 5.32. The first-order chi connectivity index (χ1) is 13.0. The van der Waals surface area contributed by atoms with Crippen molar-refractivity contribution in [2.75, 3.05) is 43.9 Å². The number of hydrogen-bond acceptors (Lipinski definition) is 5. The van der Waals surface area contributed by atoms with Gasteiger partial charge in [-0.15, -0.1) is 11.8 Å². The van der Waals surface area contributed by atoms with Crippen LogP contribution in [-0.2, 0) is 17.8 Å². The smallest absolute Gasteiger partial charge is 0.303 e. The Kier molecular flexibility index (Phi) is 4.86. The molecule has 4 rings (SSSR count). The van der Waals surface area contributed by atoms with Crippen LogP contribution < -0.4 is 10.3 Å². The third-order valence-corrected chi connectivity index (χ3v) is 6.39. The fraction of sp³-hybridized carbons (Fsp3) is 0.474. The Morgan fingerprint density at radius 1 is 1.26 bits per heavy atom. The third kappa shape index (κ3) is 3.32. The van der Waals surface area contributed by atoms with Gasteiger partial charge in [0.25, 0.3) is 0 Å². The molecule has 0 amide bonds. The standard InChI is InChI=1S/C19H22FN3O3S/c1-21-4-6-22(7-5-21)17-14(20)10-13-16-19(17)27-9-8-23(16)11-12(18(13)26)2-3-15(24)25/h10-11H,2-9H2,1H3,(H,24,25). The summed E-state index contributed by atoms with van der Waals surface area (Å²) in [5.41, 5.74) is 1.57. The summed E-state index contributed by atoms with van der Waals surface area (Å²) in [4.78, 5) is 28.9. The lowest BCUT2D eigenvalue weighted by molar-refractivity contribution is -0.136. The molecule has 6 nitrogen and oxygen atoms in total. The Labute approximate surface area is 160 Å². The molecule has 8 heteroatoms. The van der Waals surface area contributed by atoms with Crippen molar-refractivity contribution in [1.29, 1.82) is 0 Å². The van der Waals surface area contributed by atoms with Gasteiger partial charge in [0, 0.05) is 56.7 Å². The molecule has 0 unspecified atom stereocenters. The SMILES string of the molecule is CN1CCN(c2c(F)cc3c(=O)c(CCC(=O)O)cn4c3c2SCC4)CC1. The van der Waals surface area contributed by atoms with Gasteiger partial charge in [0.05, 0.1) is 21.5 Å². The van der Waals surface area contributed by atoms with E-state index < -0.39 is 5.97 Å². The first-order valence-electron chi connectivity index (χ1n) is 9.12. The molecular weight excluding hydrogens is 369 g/mol. The van der Waals surface area contributed by atoms with Crippen LogP contribution in [0.15, 0.2) is 22.0 Å². The molecule has 144 valence electrons. The number of halogens is 1. The maximum Gasteiger partial charge on any atom is 0.303 e. The summed E-state index contributed by atoms with van der Waals surface area (Å²) in [7, 11) is 2.06. The van der Waals surface area contributed by atoms with E-state index in [2.05, 4.69) is 16.8 Å². The van der Waals surface area contributed by atoms with Crippen LogP contribution in [0, 0.1) is 5.82 Å². The summed E-state index contributed by atoms with van der Waals surface area (Å²) >= 11 is 1.60. The maximum atomic E-state index is 15.1. The number of aliphatic carboxylic acids is 1. The number of piperazine rings is 1. The Morgan fingerprint density at radius 3 is 2.70 bits per heavy atom. The minimum atomic E-state index is -0.944. The first-order valence-corrected chi connectivity index (χ1v) is 10.1. The zero-order chi connectivity index (χ0) is 19.1. The molecule has 1 aromatic heterocycles. The molecule has 0 bridgehead atoms. The van der Waals surface area contributed by atoms with Crippen LogP contribution in [0.3, 0.4) is 0 Å². The molecular formula is C19H22FN3O3S. The van der Waals surface area contributed by atoms with Crippen molar-refractivity contribution in [3.63, 3.8) is 0 Å². The maximum absolute atomic E-state index is 15.1. The summed E-state index contributed by atoms with van der Waals surface area (Å²) in [5.74, 6) is -0.510. The number of carbonyl (C=O) groups is 1. The van der Waals surface area contributed by atoms with Gasteiger partial charge in [-0.25, -0.2) is 4.39 Å². The highest BCUT2D eigenvalue weighted by Gasteiger charge is 2.27. The lowest BCUT2D eigenvalue weighted by Gasteiger charge is -2.36. The van der Waals surface area contributed by atoms with Gasteiger partial charge < -0.3 is 19.5 Å². The van der Waals surface area contributed by atoms with Crippen LogP contribution in [0.2, 0.25) is 0 Å². The second-order valence-corrected chi connectivity index (χ2v) is 8.25. The highest BCUT2D eigenvalue weighted by Crippen LogP contribution is 2.41. The van der Waals surface area contributed by atoms with E-state index in [4.69, 9.17) is 5.11 Å². The van der Waals surface area contributed by atoms with Crippen LogP contribution in [-0.4, -0.2) is 59.5 Å². The number of pyridine rings is 1. The number of carboxylic acid groups (broad SMARTS) is 1. The number of rotatable bonds is 4. The van der Waals surface area contributed by atoms with Gasteiger partial charge in [-0.1, -0.05) is 0 Å². The van der Waals surface area contributed by atoms with Crippen molar-refractivity contribution in [3.8, 4) is 0 Å². The first kappa shape index (κ1) is 18.3. The van der Waals surface area contributed by atoms with Gasteiger partial charge in [0.15, 0.2) is 5.43 Å². The van der Waals surface area contributed by atoms with Crippen molar-refractivity contribution in [2.45, 2.75) is 24.3 Å². The van der Waals surface area contributed by atoms with Crippen molar-refractivity contribution in [3.05, 3.63) is 33.9 Å². The number of thioether (sulfide) groups is 1. The number of aryl methyl sites for hydroxylation is 2. The van der Waals surface area contributed by atoms with Gasteiger partial charge in [-0.05, 0) is 19.5 Å². The van der Waals surface area contributed by atoms with Crippen LogP contribution in [0.1, 0.15) is 12.0 Å². The number of likely N-dealkylation sites (N-methyl/N-ethyl adjacent to an activating group) is 1. The number of nitrogens with zero attached hydrogens (tertiary/aromatic N) is 3. The van der Waals surface area contributed by atoms with E-state index in [-0.39, 0.29) is 24.1 Å². The van der Waals surface area contributed by atoms with Crippen molar-refractivity contribution in [2.24, 2.45) is 0 Å². The van der Waals surface area contributed by atoms with Gasteiger partial charge in [0.1, 0.15) is 5.82 Å². The molecule has 2 aliphatic rings. The van der Waals surface area contributed by atoms with Gasteiger partial charge in [-0.2, -0.15) is 0 Å². The molecule has 2 aliphatic heterocycles. The van der Waals surface area contributed by atoms with Crippen LogP contribution in [0.25, 0.3) is 10.9 Å². The second-order valence-electron chi connectivity index (χ2n) is 7.14. The molecule has 0 radical (unpaired) electrons. The van der Waals surface area contributed by atoms with E-state index >= 15 is 4.39 Å². The normalized spacial score (nSPS) is 17.5. The molecule has 0 saturated carbocycles. The van der Waals surface area contributed by atoms with Crippen LogP contribution in [0.4, 0.5) is 10.1 Å². The second kappa shape index (κ2) is 7.16. The van der Waals surface area contributed by atoms with E-state index in [9.17, 15) is 9.59 Å². The molecule has 1 fully saturated rings. The van der Waals surface area contributed by atoms with Crippen molar-refractivity contribution in [1.82, 2.24) is 9.47 Å². The predicted molar refractivity (Wildman–Crippen MR) is 105 cm³/mol. The van der Waals surface area contributed by atoms with Crippen molar-refractivity contribution < 1.29 is 14.3 Å². The average Bonchev–Trinajstić information content (AvgIpc) is 2.64. The molecule has 0 atom stereocenters. The van der Waals surface area contributed by atoms with E-state index in [0.29, 0.717) is 16.6 Å². The molecule has 0 aliphatic carbocycles. The number of aromatic nitrogens is 1. The number of hydrogen-bond donors (Lipinski definition) is 1. The van der Waals surface area contributed by atoms with Crippen molar-refractivity contribution >= 4 is 34.3 Å². The minimum Gasteiger partial charge on any atom is -0.481 e. The largest absolute Gasteiger partial charge is 0.481 e. The zero-order valence-corrected chi connectivity index (χ0v) is 16.0. The summed E-state index contributed by atoms with van der Waals surface area (Å²) in [6.45, 7) is 3.99. The van der Waals surface area contributed by atoms with Gasteiger partial charge in [0.2, 0.25) is 0 Å². The van der Waals surface area contributed by atoms with Crippen LogP contribution >= 0.6 is 11.8 Å². The number of carboxylic acids is 1. The molecule has 0 spiro atoms. The molecule has 3 heterocycles. The zero-order valence-electron chi connectivity index (χ0n) is 15.2.